The summed E-state index contributed by atoms with van der Waals surface area (Å²) in [7, 11) is 1.61. The van der Waals surface area contributed by atoms with Crippen molar-refractivity contribution in [3.8, 4) is 16.9 Å². The number of fused-ring (bicyclic) bond motifs is 1. The molecule has 7 nitrogen and oxygen atoms in total. The Morgan fingerprint density at radius 2 is 2.07 bits per heavy atom. The SMILES string of the molecule is COc1ccc(-c2cnn3c2NC(=O)C[C@H]3C(=O)Nc2cccc(SC)c2)cc1. The van der Waals surface area contributed by atoms with Crippen LogP contribution in [0.15, 0.2) is 59.6 Å². The number of hydrogen-bond donors (Lipinski definition) is 2. The van der Waals surface area contributed by atoms with E-state index in [1.165, 1.54) is 0 Å². The van der Waals surface area contributed by atoms with Gasteiger partial charge in [0.1, 0.15) is 17.6 Å². The van der Waals surface area contributed by atoms with Crippen LogP contribution in [0.3, 0.4) is 0 Å². The lowest BCUT2D eigenvalue weighted by molar-refractivity contribution is -0.125. The molecule has 2 amide bonds. The van der Waals surface area contributed by atoms with Gasteiger partial charge in [-0.1, -0.05) is 18.2 Å². The number of amides is 2. The third-order valence-corrected chi connectivity index (χ3v) is 5.49. The van der Waals surface area contributed by atoms with Crippen LogP contribution < -0.4 is 15.4 Å². The minimum atomic E-state index is -0.719. The van der Waals surface area contributed by atoms with Gasteiger partial charge < -0.3 is 15.4 Å². The van der Waals surface area contributed by atoms with Gasteiger partial charge in [-0.05, 0) is 42.2 Å². The molecule has 0 bridgehead atoms. The molecule has 2 heterocycles. The van der Waals surface area contributed by atoms with Crippen molar-refractivity contribution in [2.24, 2.45) is 0 Å². The van der Waals surface area contributed by atoms with Crippen LogP contribution in [0.2, 0.25) is 0 Å². The first-order chi connectivity index (χ1) is 14.1. The summed E-state index contributed by atoms with van der Waals surface area (Å²) < 4.78 is 6.77. The van der Waals surface area contributed by atoms with Crippen LogP contribution in [0.5, 0.6) is 5.75 Å². The van der Waals surface area contributed by atoms with Crippen LogP contribution in [0.25, 0.3) is 11.1 Å². The Balaban J connectivity index is 1.63. The summed E-state index contributed by atoms with van der Waals surface area (Å²) in [6, 6.07) is 14.3. The average Bonchev–Trinajstić information content (AvgIpc) is 3.17. The fourth-order valence-electron chi connectivity index (χ4n) is 3.28. The van der Waals surface area contributed by atoms with Crippen molar-refractivity contribution in [3.05, 3.63) is 54.7 Å². The highest BCUT2D eigenvalue weighted by Gasteiger charge is 2.33. The molecule has 0 spiro atoms. The summed E-state index contributed by atoms with van der Waals surface area (Å²) in [5, 5.41) is 10.1. The molecule has 29 heavy (non-hydrogen) atoms. The number of nitrogens with one attached hydrogen (secondary N) is 2. The highest BCUT2D eigenvalue weighted by atomic mass is 32.2. The maximum atomic E-state index is 12.9. The normalized spacial score (nSPS) is 15.4. The van der Waals surface area contributed by atoms with Gasteiger partial charge in [-0.15, -0.1) is 11.8 Å². The van der Waals surface area contributed by atoms with E-state index in [-0.39, 0.29) is 18.2 Å². The molecule has 1 aromatic heterocycles. The van der Waals surface area contributed by atoms with Crippen molar-refractivity contribution in [1.29, 1.82) is 0 Å². The van der Waals surface area contributed by atoms with Gasteiger partial charge in [0.25, 0.3) is 0 Å². The van der Waals surface area contributed by atoms with Crippen molar-refractivity contribution in [1.82, 2.24) is 9.78 Å². The Morgan fingerprint density at radius 1 is 1.28 bits per heavy atom. The van der Waals surface area contributed by atoms with Gasteiger partial charge >= 0.3 is 0 Å². The number of rotatable bonds is 5. The molecule has 4 rings (SSSR count). The molecule has 0 fully saturated rings. The van der Waals surface area contributed by atoms with E-state index in [0.29, 0.717) is 11.5 Å². The molecular weight excluding hydrogens is 388 g/mol. The zero-order valence-electron chi connectivity index (χ0n) is 16.0. The van der Waals surface area contributed by atoms with Gasteiger partial charge in [-0.25, -0.2) is 4.68 Å². The van der Waals surface area contributed by atoms with Gasteiger partial charge in [-0.3, -0.25) is 9.59 Å². The third-order valence-electron chi connectivity index (χ3n) is 4.77. The third kappa shape index (κ3) is 3.84. The number of hydrogen-bond acceptors (Lipinski definition) is 5. The van der Waals surface area contributed by atoms with Crippen LogP contribution in [0.1, 0.15) is 12.5 Å². The Hall–Kier alpha value is -3.26. The van der Waals surface area contributed by atoms with Crippen LogP contribution >= 0.6 is 11.8 Å². The fourth-order valence-corrected chi connectivity index (χ4v) is 3.74. The Morgan fingerprint density at radius 3 is 2.79 bits per heavy atom. The lowest BCUT2D eigenvalue weighted by Crippen LogP contribution is -2.35. The summed E-state index contributed by atoms with van der Waals surface area (Å²) in [5.41, 5.74) is 2.32. The van der Waals surface area contributed by atoms with E-state index in [2.05, 4.69) is 15.7 Å². The van der Waals surface area contributed by atoms with E-state index in [1.54, 1.807) is 29.8 Å². The first kappa shape index (κ1) is 19.1. The van der Waals surface area contributed by atoms with Crippen molar-refractivity contribution in [3.63, 3.8) is 0 Å². The van der Waals surface area contributed by atoms with Crippen molar-refractivity contribution in [2.75, 3.05) is 24.0 Å². The number of benzene rings is 2. The molecule has 0 radical (unpaired) electrons. The molecule has 0 unspecified atom stereocenters. The number of anilines is 2. The fraction of sp³-hybridized carbons (Fsp3) is 0.190. The monoisotopic (exact) mass is 408 g/mol. The summed E-state index contributed by atoms with van der Waals surface area (Å²) >= 11 is 1.60. The van der Waals surface area contributed by atoms with Crippen molar-refractivity contribution < 1.29 is 14.3 Å². The Kier molecular flexibility index (Phi) is 5.26. The largest absolute Gasteiger partial charge is 0.497 e. The summed E-state index contributed by atoms with van der Waals surface area (Å²) in [6.45, 7) is 0. The minimum Gasteiger partial charge on any atom is -0.497 e. The topological polar surface area (TPSA) is 85.2 Å². The zero-order chi connectivity index (χ0) is 20.4. The molecule has 148 valence electrons. The molecule has 8 heteroatoms. The standard InChI is InChI=1S/C21H20N4O3S/c1-28-15-8-6-13(7-9-15)17-12-22-25-18(11-19(26)24-20(17)25)21(27)23-14-4-3-5-16(10-14)29-2/h3-10,12,18H,11H2,1-2H3,(H,23,27)(H,24,26)/t18-/m0/s1. The molecule has 1 atom stereocenters. The smallest absolute Gasteiger partial charge is 0.249 e. The zero-order valence-corrected chi connectivity index (χ0v) is 16.8. The van der Waals surface area contributed by atoms with Crippen molar-refractivity contribution >= 4 is 35.1 Å². The van der Waals surface area contributed by atoms with Gasteiger partial charge in [0, 0.05) is 16.1 Å². The molecule has 3 aromatic rings. The first-order valence-corrected chi connectivity index (χ1v) is 10.3. The summed E-state index contributed by atoms with van der Waals surface area (Å²) in [6.07, 6.45) is 3.67. The molecule has 2 N–H and O–H groups in total. The van der Waals surface area contributed by atoms with E-state index >= 15 is 0 Å². The highest BCUT2D eigenvalue weighted by Crippen LogP contribution is 2.35. The van der Waals surface area contributed by atoms with E-state index in [0.717, 1.165) is 21.8 Å². The van der Waals surface area contributed by atoms with Crippen LogP contribution in [-0.2, 0) is 9.59 Å². The van der Waals surface area contributed by atoms with Gasteiger partial charge in [0.05, 0.1) is 19.7 Å². The molecule has 0 saturated heterocycles. The predicted molar refractivity (Wildman–Crippen MR) is 113 cm³/mol. The predicted octanol–water partition coefficient (Wildman–Crippen LogP) is 3.80. The highest BCUT2D eigenvalue weighted by molar-refractivity contribution is 7.98. The average molecular weight is 408 g/mol. The molecule has 1 aliphatic heterocycles. The Bertz CT molecular complexity index is 1060. The Labute approximate surface area is 172 Å². The molecule has 0 saturated carbocycles. The lowest BCUT2D eigenvalue weighted by atomic mass is 10.1. The number of carbonyl (C=O) groups excluding carboxylic acids is 2. The lowest BCUT2D eigenvalue weighted by Gasteiger charge is -2.24. The molecular formula is C21H20N4O3S. The van der Waals surface area contributed by atoms with E-state index in [9.17, 15) is 9.59 Å². The molecule has 1 aliphatic rings. The van der Waals surface area contributed by atoms with E-state index in [1.807, 2.05) is 54.8 Å². The maximum Gasteiger partial charge on any atom is 0.249 e. The van der Waals surface area contributed by atoms with Gasteiger partial charge in [0.15, 0.2) is 0 Å². The number of nitrogens with zero attached hydrogens (tertiary/aromatic N) is 2. The second-order valence-corrected chi connectivity index (χ2v) is 7.45. The second kappa shape index (κ2) is 8.00. The summed E-state index contributed by atoms with van der Waals surface area (Å²) in [4.78, 5) is 26.3. The quantitative estimate of drug-likeness (QED) is 0.627. The number of methoxy groups -OCH3 is 1. The molecule has 2 aromatic carbocycles. The number of carbonyl (C=O) groups is 2. The number of ether oxygens (including phenoxy) is 1. The minimum absolute atomic E-state index is 0.0325. The van der Waals surface area contributed by atoms with Gasteiger partial charge in [0.2, 0.25) is 11.8 Å². The first-order valence-electron chi connectivity index (χ1n) is 9.05. The second-order valence-electron chi connectivity index (χ2n) is 6.57. The number of thioether (sulfide) groups is 1. The van der Waals surface area contributed by atoms with Gasteiger partial charge in [-0.2, -0.15) is 5.10 Å². The number of aromatic nitrogens is 2. The van der Waals surface area contributed by atoms with Crippen LogP contribution in [-0.4, -0.2) is 35.0 Å². The summed E-state index contributed by atoms with van der Waals surface area (Å²) in [5.74, 6) is 0.766. The van der Waals surface area contributed by atoms with E-state index < -0.39 is 6.04 Å². The van der Waals surface area contributed by atoms with Crippen LogP contribution in [0, 0.1) is 0 Å². The van der Waals surface area contributed by atoms with Crippen molar-refractivity contribution in [2.45, 2.75) is 17.4 Å². The maximum absolute atomic E-state index is 12.9. The van der Waals surface area contributed by atoms with E-state index in [4.69, 9.17) is 4.74 Å². The van der Waals surface area contributed by atoms with Crippen LogP contribution in [0.4, 0.5) is 11.5 Å². The molecule has 0 aliphatic carbocycles.